The third-order valence-corrected chi connectivity index (χ3v) is 5.05. The fourth-order valence-electron chi connectivity index (χ4n) is 3.12. The number of anilines is 2. The van der Waals surface area contributed by atoms with Crippen LogP contribution in [0.25, 0.3) is 0 Å². The summed E-state index contributed by atoms with van der Waals surface area (Å²) < 4.78 is 5.11. The number of likely N-dealkylation sites (N-methyl/N-ethyl adjacent to an activating group) is 1. The van der Waals surface area contributed by atoms with Crippen molar-refractivity contribution >= 4 is 29.1 Å². The van der Waals surface area contributed by atoms with Crippen molar-refractivity contribution in [2.75, 3.05) is 37.4 Å². The molecule has 0 radical (unpaired) electrons. The number of hydrogen-bond donors (Lipinski definition) is 4. The Morgan fingerprint density at radius 3 is 2.23 bits per heavy atom. The molecule has 0 heterocycles. The highest BCUT2D eigenvalue weighted by molar-refractivity contribution is 6.04. The highest BCUT2D eigenvalue weighted by Gasteiger charge is 2.25. The van der Waals surface area contributed by atoms with Crippen molar-refractivity contribution in [3.63, 3.8) is 0 Å². The van der Waals surface area contributed by atoms with Gasteiger partial charge in [0.05, 0.1) is 24.9 Å². The fraction of sp³-hybridized carbons (Fsp3) is 0.348. The molecule has 0 saturated heterocycles. The zero-order chi connectivity index (χ0) is 22.2. The largest absolute Gasteiger partial charge is 0.497 e. The summed E-state index contributed by atoms with van der Waals surface area (Å²) in [6.07, 6.45) is 1.99. The minimum atomic E-state index is -0.249. The van der Waals surface area contributed by atoms with Gasteiger partial charge in [0.2, 0.25) is 0 Å². The molecule has 1 aliphatic carbocycles. The Kier molecular flexibility index (Phi) is 7.61. The van der Waals surface area contributed by atoms with E-state index in [2.05, 4.69) is 16.0 Å². The molecular weight excluding hydrogens is 396 g/mol. The molecule has 8 heteroatoms. The van der Waals surface area contributed by atoms with Gasteiger partial charge in [0.25, 0.3) is 17.7 Å². The average Bonchev–Trinajstić information content (AvgIpc) is 3.58. The van der Waals surface area contributed by atoms with Crippen molar-refractivity contribution in [3.05, 3.63) is 54.1 Å². The Hall–Kier alpha value is -3.39. The molecule has 1 unspecified atom stereocenters. The first kappa shape index (κ1) is 22.3. The van der Waals surface area contributed by atoms with Gasteiger partial charge in [0.1, 0.15) is 5.75 Å². The van der Waals surface area contributed by atoms with Crippen molar-refractivity contribution in [3.8, 4) is 5.75 Å². The Morgan fingerprint density at radius 2 is 1.61 bits per heavy atom. The summed E-state index contributed by atoms with van der Waals surface area (Å²) in [4.78, 5) is 38.2. The molecule has 0 aromatic heterocycles. The first-order valence-electron chi connectivity index (χ1n) is 10.5. The number of rotatable bonds is 10. The third kappa shape index (κ3) is 6.82. The van der Waals surface area contributed by atoms with Crippen LogP contribution < -0.4 is 25.6 Å². The van der Waals surface area contributed by atoms with Gasteiger partial charge in [-0.3, -0.25) is 14.4 Å². The van der Waals surface area contributed by atoms with Crippen molar-refractivity contribution in [1.82, 2.24) is 5.32 Å². The maximum absolute atomic E-state index is 12.6. The monoisotopic (exact) mass is 425 g/mol. The number of quaternary nitrogens is 1. The summed E-state index contributed by atoms with van der Waals surface area (Å²) in [6.45, 7) is 2.79. The second kappa shape index (κ2) is 10.6. The molecular formula is C23H29N4O4+. The topological polar surface area (TPSA) is 101 Å². The van der Waals surface area contributed by atoms with Crippen LogP contribution in [-0.4, -0.2) is 50.5 Å². The lowest BCUT2D eigenvalue weighted by molar-refractivity contribution is -0.881. The molecule has 3 rings (SSSR count). The van der Waals surface area contributed by atoms with Crippen molar-refractivity contribution in [2.24, 2.45) is 0 Å². The number of methoxy groups -OCH3 is 1. The molecule has 1 atom stereocenters. The van der Waals surface area contributed by atoms with Crippen molar-refractivity contribution in [1.29, 1.82) is 0 Å². The van der Waals surface area contributed by atoms with Crippen molar-refractivity contribution < 1.29 is 24.0 Å². The van der Waals surface area contributed by atoms with E-state index in [1.54, 1.807) is 55.6 Å². The quantitative estimate of drug-likeness (QED) is 0.457. The van der Waals surface area contributed by atoms with Gasteiger partial charge in [-0.05, 0) is 56.2 Å². The van der Waals surface area contributed by atoms with Crippen LogP contribution in [0.1, 0.15) is 30.1 Å². The fourth-order valence-corrected chi connectivity index (χ4v) is 3.12. The van der Waals surface area contributed by atoms with Gasteiger partial charge < -0.3 is 25.6 Å². The molecule has 164 valence electrons. The molecule has 1 fully saturated rings. The van der Waals surface area contributed by atoms with Gasteiger partial charge in [-0.1, -0.05) is 12.1 Å². The number of para-hydroxylation sites is 1. The number of nitrogens with one attached hydrogen (secondary N) is 4. The van der Waals surface area contributed by atoms with Gasteiger partial charge in [0, 0.05) is 11.7 Å². The van der Waals surface area contributed by atoms with Crippen LogP contribution in [0.3, 0.4) is 0 Å². The average molecular weight is 426 g/mol. The normalized spacial score (nSPS) is 13.7. The summed E-state index contributed by atoms with van der Waals surface area (Å²) in [5.41, 5.74) is 1.59. The number of hydrogen-bond acceptors (Lipinski definition) is 4. The van der Waals surface area contributed by atoms with Crippen LogP contribution >= 0.6 is 0 Å². The van der Waals surface area contributed by atoms with E-state index < -0.39 is 0 Å². The van der Waals surface area contributed by atoms with E-state index in [0.29, 0.717) is 29.2 Å². The molecule has 2 aromatic carbocycles. The Labute approximate surface area is 182 Å². The van der Waals surface area contributed by atoms with E-state index >= 15 is 0 Å². The molecule has 0 bridgehead atoms. The second-order valence-corrected chi connectivity index (χ2v) is 7.58. The van der Waals surface area contributed by atoms with E-state index in [1.807, 2.05) is 6.92 Å². The number of carbonyl (C=O) groups excluding carboxylic acids is 3. The predicted octanol–water partition coefficient (Wildman–Crippen LogP) is 1.07. The smallest absolute Gasteiger partial charge is 0.279 e. The van der Waals surface area contributed by atoms with E-state index in [0.717, 1.165) is 17.7 Å². The standard InChI is InChI=1S/C23H28N4O4/c1-3-27(14-21(28)24-16-10-12-18(31-2)13-11-16)15-22(29)26-20-7-5-4-6-19(20)23(30)25-17-8-9-17/h4-7,10-13,17H,3,8-9,14-15H2,1-2H3,(H,24,28)(H,25,30)(H,26,29)/p+1. The van der Waals surface area contributed by atoms with Crippen LogP contribution in [0.15, 0.2) is 48.5 Å². The predicted molar refractivity (Wildman–Crippen MR) is 118 cm³/mol. The summed E-state index contributed by atoms with van der Waals surface area (Å²) >= 11 is 0. The minimum absolute atomic E-state index is 0.116. The highest BCUT2D eigenvalue weighted by atomic mass is 16.5. The van der Waals surface area contributed by atoms with Crippen LogP contribution in [0.2, 0.25) is 0 Å². The van der Waals surface area contributed by atoms with E-state index in [-0.39, 0.29) is 36.9 Å². The number of ether oxygens (including phenoxy) is 1. The van der Waals surface area contributed by atoms with E-state index in [1.165, 1.54) is 0 Å². The lowest BCUT2D eigenvalue weighted by Crippen LogP contribution is -3.13. The number of benzene rings is 2. The molecule has 0 spiro atoms. The second-order valence-electron chi connectivity index (χ2n) is 7.58. The summed E-state index contributed by atoms with van der Waals surface area (Å²) in [5.74, 6) is 0.0957. The Balaban J connectivity index is 1.53. The SMILES string of the molecule is CC[NH+](CC(=O)Nc1ccc(OC)cc1)CC(=O)Nc1ccccc1C(=O)NC1CC1. The third-order valence-electron chi connectivity index (χ3n) is 5.05. The van der Waals surface area contributed by atoms with Crippen molar-refractivity contribution in [2.45, 2.75) is 25.8 Å². The number of amides is 3. The maximum atomic E-state index is 12.6. The molecule has 4 N–H and O–H groups in total. The molecule has 8 nitrogen and oxygen atoms in total. The van der Waals surface area contributed by atoms with Crippen LogP contribution in [0.4, 0.5) is 11.4 Å². The zero-order valence-electron chi connectivity index (χ0n) is 17.9. The summed E-state index contributed by atoms with van der Waals surface area (Å²) in [5, 5.41) is 8.58. The highest BCUT2D eigenvalue weighted by Crippen LogP contribution is 2.21. The summed E-state index contributed by atoms with van der Waals surface area (Å²) in [6, 6.07) is 14.2. The Bertz CT molecular complexity index is 925. The lowest BCUT2D eigenvalue weighted by Gasteiger charge is -2.18. The molecule has 2 aromatic rings. The molecule has 1 aliphatic rings. The van der Waals surface area contributed by atoms with E-state index in [4.69, 9.17) is 4.74 Å². The molecule has 0 aliphatic heterocycles. The molecule has 1 saturated carbocycles. The van der Waals surface area contributed by atoms with Gasteiger partial charge in [0.15, 0.2) is 13.1 Å². The van der Waals surface area contributed by atoms with E-state index in [9.17, 15) is 14.4 Å². The van der Waals surface area contributed by atoms with Gasteiger partial charge in [-0.15, -0.1) is 0 Å². The number of carbonyl (C=O) groups is 3. The summed E-state index contributed by atoms with van der Waals surface area (Å²) in [7, 11) is 1.58. The lowest BCUT2D eigenvalue weighted by atomic mass is 10.1. The molecule has 31 heavy (non-hydrogen) atoms. The van der Waals surface area contributed by atoms with Gasteiger partial charge in [-0.25, -0.2) is 0 Å². The first-order valence-corrected chi connectivity index (χ1v) is 10.5. The zero-order valence-corrected chi connectivity index (χ0v) is 17.9. The Morgan fingerprint density at radius 1 is 0.968 bits per heavy atom. The molecule has 3 amide bonds. The van der Waals surface area contributed by atoms with Gasteiger partial charge >= 0.3 is 0 Å². The van der Waals surface area contributed by atoms with Gasteiger partial charge in [-0.2, -0.15) is 0 Å². The maximum Gasteiger partial charge on any atom is 0.279 e. The van der Waals surface area contributed by atoms with Crippen LogP contribution in [0.5, 0.6) is 5.75 Å². The first-order chi connectivity index (χ1) is 15.0. The van der Waals surface area contributed by atoms with Crippen LogP contribution in [-0.2, 0) is 9.59 Å². The van der Waals surface area contributed by atoms with Crippen LogP contribution in [0, 0.1) is 0 Å². The minimum Gasteiger partial charge on any atom is -0.497 e.